The summed E-state index contributed by atoms with van der Waals surface area (Å²) in [6, 6.07) is -0.910. The van der Waals surface area contributed by atoms with E-state index in [4.69, 9.17) is 9.05 Å². The lowest BCUT2D eigenvalue weighted by molar-refractivity contribution is -0.870. The van der Waals surface area contributed by atoms with E-state index in [1.54, 1.807) is 6.08 Å². The predicted molar refractivity (Wildman–Crippen MR) is 376 cm³/mol. The van der Waals surface area contributed by atoms with Crippen LogP contribution in [0.4, 0.5) is 0 Å². The molecule has 3 atom stereocenters. The number of rotatable bonds is 67. The number of phosphoric acid groups is 1. The van der Waals surface area contributed by atoms with Crippen LogP contribution in [0.1, 0.15) is 335 Å². The Balaban J connectivity index is 4.08. The average molecular weight is 1220 g/mol. The number of hydrogen-bond acceptors (Lipinski definition) is 6. The van der Waals surface area contributed by atoms with Gasteiger partial charge in [-0.3, -0.25) is 9.36 Å². The van der Waals surface area contributed by atoms with Crippen LogP contribution in [0.2, 0.25) is 0 Å². The molecule has 0 heterocycles. The Hall–Kier alpha value is -2.58. The smallest absolute Gasteiger partial charge is 0.268 e. The van der Waals surface area contributed by atoms with Gasteiger partial charge in [0.1, 0.15) is 13.2 Å². The van der Waals surface area contributed by atoms with Crippen LogP contribution in [0.5, 0.6) is 0 Å². The summed E-state index contributed by atoms with van der Waals surface area (Å²) in [6.45, 7) is 4.55. The van der Waals surface area contributed by atoms with Crippen LogP contribution in [0.3, 0.4) is 0 Å². The fourth-order valence-electron chi connectivity index (χ4n) is 10.6. The third kappa shape index (κ3) is 68.9. The van der Waals surface area contributed by atoms with Crippen molar-refractivity contribution in [2.45, 2.75) is 347 Å². The maximum atomic E-state index is 13.1. The van der Waals surface area contributed by atoms with Gasteiger partial charge in [0.05, 0.1) is 39.9 Å². The molecule has 3 unspecified atom stereocenters. The minimum absolute atomic E-state index is 0.00853. The Labute approximate surface area is 534 Å². The normalized spacial score (nSPS) is 14.2. The van der Waals surface area contributed by atoms with Gasteiger partial charge in [0.25, 0.3) is 7.82 Å². The standard InChI is InChI=1S/C77H141N2O6P/c1-6-8-10-12-14-16-18-20-22-24-26-28-30-32-34-36-37-38-39-40-41-43-45-47-49-51-53-55-57-59-61-63-65-67-69-71-77(81)78-75(74-85-86(82,83)84-73-72-79(3,4)5)76(80)70-68-66-64-62-60-58-56-54-52-50-48-46-44-42-35-33-31-29-27-25-23-21-19-17-15-13-11-9-7-2/h8,10,14,16,20,22,26,28,32,34,37-38,60,62,68,70,75-76,80H,6-7,9,11-13,15,17-19,21,23-25,27,29-31,33,35-36,39-59,61,63-67,69,71-74H2,1-5H3,(H-,78,81,82,83)/b10-8-,16-14-,22-20-,28-26-,34-32-,38-37-,62-60+,70-68+. The van der Waals surface area contributed by atoms with Gasteiger partial charge in [0, 0.05) is 6.42 Å². The van der Waals surface area contributed by atoms with Crippen LogP contribution in [-0.4, -0.2) is 68.5 Å². The first-order valence-corrected chi connectivity index (χ1v) is 38.1. The molecule has 0 spiro atoms. The van der Waals surface area contributed by atoms with E-state index in [1.807, 2.05) is 27.2 Å². The quantitative estimate of drug-likeness (QED) is 0.0272. The lowest BCUT2D eigenvalue weighted by atomic mass is 10.0. The first kappa shape index (κ1) is 83.4. The number of carbonyl (C=O) groups excluding carboxylic acids is 1. The first-order chi connectivity index (χ1) is 42.0. The van der Waals surface area contributed by atoms with Crippen molar-refractivity contribution in [3.63, 3.8) is 0 Å². The van der Waals surface area contributed by atoms with Gasteiger partial charge in [-0.1, -0.05) is 342 Å². The maximum absolute atomic E-state index is 13.1. The summed E-state index contributed by atoms with van der Waals surface area (Å²) in [5, 5.41) is 14.0. The fraction of sp³-hybridized carbons (Fsp3) is 0.779. The van der Waals surface area contributed by atoms with E-state index < -0.39 is 26.6 Å². The average Bonchev–Trinajstić information content (AvgIpc) is 3.70. The monoisotopic (exact) mass is 1220 g/mol. The number of allylic oxidation sites excluding steroid dienone is 15. The zero-order valence-electron chi connectivity index (χ0n) is 57.3. The third-order valence-corrected chi connectivity index (χ3v) is 17.2. The second-order valence-corrected chi connectivity index (χ2v) is 27.3. The van der Waals surface area contributed by atoms with Gasteiger partial charge >= 0.3 is 0 Å². The van der Waals surface area contributed by atoms with Gasteiger partial charge in [-0.25, -0.2) is 0 Å². The van der Waals surface area contributed by atoms with Gasteiger partial charge in [-0.05, 0) is 83.5 Å². The molecular weight excluding hydrogens is 1080 g/mol. The van der Waals surface area contributed by atoms with Crippen LogP contribution in [-0.2, 0) is 18.4 Å². The Kier molecular flexibility index (Phi) is 64.8. The highest BCUT2D eigenvalue weighted by Gasteiger charge is 2.23. The van der Waals surface area contributed by atoms with E-state index in [2.05, 4.69) is 104 Å². The molecule has 0 aliphatic rings. The number of likely N-dealkylation sites (N-methyl/N-ethyl adjacent to an activating group) is 1. The van der Waals surface area contributed by atoms with Crippen molar-refractivity contribution >= 4 is 13.7 Å². The number of unbranched alkanes of at least 4 members (excludes halogenated alkanes) is 40. The van der Waals surface area contributed by atoms with E-state index in [0.717, 1.165) is 77.0 Å². The number of nitrogens with zero attached hydrogens (tertiary/aromatic N) is 1. The summed E-state index contributed by atoms with van der Waals surface area (Å²) in [6.07, 6.45) is 96.9. The highest BCUT2D eigenvalue weighted by Crippen LogP contribution is 2.38. The van der Waals surface area contributed by atoms with Crippen molar-refractivity contribution in [1.29, 1.82) is 0 Å². The summed E-state index contributed by atoms with van der Waals surface area (Å²) < 4.78 is 23.5. The summed E-state index contributed by atoms with van der Waals surface area (Å²) >= 11 is 0. The lowest BCUT2D eigenvalue weighted by Gasteiger charge is -2.29. The van der Waals surface area contributed by atoms with Crippen LogP contribution < -0.4 is 10.2 Å². The Morgan fingerprint density at radius 3 is 1.08 bits per heavy atom. The largest absolute Gasteiger partial charge is 0.756 e. The SMILES string of the molecule is CC/C=C\C/C=C\C/C=C\C/C=C\C/C=C\C/C=C\CCCCCCCCCCCCCCCCCCC(=O)NC(COP(=O)([O-])OCC[N+](C)(C)C)C(O)/C=C/CC/C=C/CCCCCCCCCCCCCCCCCCCCCCCCC. The zero-order valence-corrected chi connectivity index (χ0v) is 58.1. The minimum Gasteiger partial charge on any atom is -0.756 e. The molecule has 2 N–H and O–H groups in total. The first-order valence-electron chi connectivity index (χ1n) is 36.6. The summed E-state index contributed by atoms with van der Waals surface area (Å²) in [7, 11) is 1.25. The number of quaternary nitrogens is 1. The minimum atomic E-state index is -4.62. The Morgan fingerprint density at radius 2 is 0.721 bits per heavy atom. The van der Waals surface area contributed by atoms with Crippen LogP contribution in [0, 0.1) is 0 Å². The van der Waals surface area contributed by atoms with Crippen molar-refractivity contribution in [3.05, 3.63) is 97.2 Å². The highest BCUT2D eigenvalue weighted by atomic mass is 31.2. The molecule has 0 fully saturated rings. The van der Waals surface area contributed by atoms with E-state index in [1.165, 1.54) is 238 Å². The molecular formula is C77H141N2O6P. The number of phosphoric ester groups is 1. The molecule has 0 saturated carbocycles. The number of hydrogen-bond donors (Lipinski definition) is 2. The molecule has 0 radical (unpaired) electrons. The van der Waals surface area contributed by atoms with Gasteiger partial charge in [-0.15, -0.1) is 0 Å². The topological polar surface area (TPSA) is 108 Å². The Bertz CT molecular complexity index is 1730. The molecule has 1 amide bonds. The van der Waals surface area contributed by atoms with E-state index in [0.29, 0.717) is 17.4 Å². The summed E-state index contributed by atoms with van der Waals surface area (Å²) in [5.74, 6) is -0.205. The number of amides is 1. The van der Waals surface area contributed by atoms with E-state index >= 15 is 0 Å². The second-order valence-electron chi connectivity index (χ2n) is 25.9. The summed E-state index contributed by atoms with van der Waals surface area (Å²) in [4.78, 5) is 25.7. The third-order valence-electron chi connectivity index (χ3n) is 16.3. The Morgan fingerprint density at radius 1 is 0.419 bits per heavy atom. The molecule has 500 valence electrons. The molecule has 0 rings (SSSR count). The molecule has 0 aliphatic heterocycles. The molecule has 0 aromatic rings. The molecule has 0 saturated heterocycles. The number of aliphatic hydroxyl groups is 1. The van der Waals surface area contributed by atoms with Crippen molar-refractivity contribution in [1.82, 2.24) is 5.32 Å². The van der Waals surface area contributed by atoms with E-state index in [-0.39, 0.29) is 12.5 Å². The molecule has 0 bridgehead atoms. The van der Waals surface area contributed by atoms with Crippen molar-refractivity contribution in [2.24, 2.45) is 0 Å². The van der Waals surface area contributed by atoms with E-state index in [9.17, 15) is 19.4 Å². The molecule has 0 aromatic heterocycles. The molecule has 9 heteroatoms. The van der Waals surface area contributed by atoms with Crippen molar-refractivity contribution in [3.8, 4) is 0 Å². The van der Waals surface area contributed by atoms with Gasteiger partial charge in [-0.2, -0.15) is 0 Å². The number of nitrogens with one attached hydrogen (secondary N) is 1. The maximum Gasteiger partial charge on any atom is 0.268 e. The lowest BCUT2D eigenvalue weighted by Crippen LogP contribution is -2.45. The van der Waals surface area contributed by atoms with Gasteiger partial charge in [0.15, 0.2) is 0 Å². The molecule has 8 nitrogen and oxygen atoms in total. The van der Waals surface area contributed by atoms with Crippen molar-refractivity contribution in [2.75, 3.05) is 40.9 Å². The molecule has 86 heavy (non-hydrogen) atoms. The fourth-order valence-corrected chi connectivity index (χ4v) is 11.4. The van der Waals surface area contributed by atoms with Gasteiger partial charge < -0.3 is 28.8 Å². The predicted octanol–water partition coefficient (Wildman–Crippen LogP) is 23.0. The highest BCUT2D eigenvalue weighted by molar-refractivity contribution is 7.45. The van der Waals surface area contributed by atoms with Crippen LogP contribution in [0.25, 0.3) is 0 Å². The zero-order chi connectivity index (χ0) is 62.6. The summed E-state index contributed by atoms with van der Waals surface area (Å²) in [5.41, 5.74) is 0. The van der Waals surface area contributed by atoms with Crippen LogP contribution in [0.15, 0.2) is 97.2 Å². The second kappa shape index (κ2) is 66.8. The molecule has 0 aliphatic carbocycles. The number of carbonyl (C=O) groups is 1. The van der Waals surface area contributed by atoms with Crippen LogP contribution >= 0.6 is 7.82 Å². The van der Waals surface area contributed by atoms with Gasteiger partial charge in [0.2, 0.25) is 5.91 Å². The number of aliphatic hydroxyl groups excluding tert-OH is 1. The van der Waals surface area contributed by atoms with Crippen molar-refractivity contribution < 1.29 is 32.9 Å². The molecule has 0 aromatic carbocycles.